The van der Waals surface area contributed by atoms with Gasteiger partial charge in [-0.15, -0.1) is 0 Å². The van der Waals surface area contributed by atoms with E-state index in [2.05, 4.69) is 21.8 Å². The average molecular weight is 327 g/mol. The molecule has 0 saturated carbocycles. The van der Waals surface area contributed by atoms with Crippen molar-refractivity contribution in [1.82, 2.24) is 14.9 Å². The first-order valence-electron chi connectivity index (χ1n) is 8.64. The summed E-state index contributed by atoms with van der Waals surface area (Å²) in [5.74, 6) is 1.66. The Hall–Kier alpha value is -2.14. The fraction of sp³-hybridized carbons (Fsp3) is 0.474. The molecule has 1 aromatic carbocycles. The van der Waals surface area contributed by atoms with Crippen LogP contribution < -0.4 is 5.32 Å². The number of hydrogen-bond acceptors (Lipinski definition) is 3. The van der Waals surface area contributed by atoms with Gasteiger partial charge in [0, 0.05) is 44.1 Å². The van der Waals surface area contributed by atoms with Crippen molar-refractivity contribution in [2.24, 2.45) is 0 Å². The fourth-order valence-electron chi connectivity index (χ4n) is 3.20. The van der Waals surface area contributed by atoms with Gasteiger partial charge in [-0.1, -0.05) is 30.3 Å². The van der Waals surface area contributed by atoms with Crippen LogP contribution in [0, 0.1) is 6.92 Å². The SMILES string of the molecule is Cc1cnc(C2CCOCC2)n1CCNC(=O)Cc1ccccc1. The highest BCUT2D eigenvalue weighted by atomic mass is 16.5. The highest BCUT2D eigenvalue weighted by Gasteiger charge is 2.21. The van der Waals surface area contributed by atoms with Gasteiger partial charge in [-0.3, -0.25) is 4.79 Å². The van der Waals surface area contributed by atoms with E-state index in [1.54, 1.807) is 0 Å². The van der Waals surface area contributed by atoms with Crippen LogP contribution in [0.3, 0.4) is 0 Å². The summed E-state index contributed by atoms with van der Waals surface area (Å²) in [7, 11) is 0. The maximum atomic E-state index is 12.1. The lowest BCUT2D eigenvalue weighted by molar-refractivity contribution is -0.120. The minimum atomic E-state index is 0.0617. The Morgan fingerprint density at radius 1 is 1.29 bits per heavy atom. The molecule has 0 unspecified atom stereocenters. The maximum Gasteiger partial charge on any atom is 0.224 e. The smallest absolute Gasteiger partial charge is 0.224 e. The predicted molar refractivity (Wildman–Crippen MR) is 92.9 cm³/mol. The second-order valence-corrected chi connectivity index (χ2v) is 6.31. The number of aromatic nitrogens is 2. The number of nitrogens with one attached hydrogen (secondary N) is 1. The van der Waals surface area contributed by atoms with Gasteiger partial charge < -0.3 is 14.6 Å². The van der Waals surface area contributed by atoms with Gasteiger partial charge in [0.2, 0.25) is 5.91 Å². The number of amides is 1. The van der Waals surface area contributed by atoms with Gasteiger partial charge in [-0.05, 0) is 25.3 Å². The Morgan fingerprint density at radius 3 is 2.79 bits per heavy atom. The van der Waals surface area contributed by atoms with E-state index in [-0.39, 0.29) is 5.91 Å². The zero-order valence-corrected chi connectivity index (χ0v) is 14.2. The average Bonchev–Trinajstić information content (AvgIpc) is 2.97. The minimum absolute atomic E-state index is 0.0617. The molecular formula is C19H25N3O2. The van der Waals surface area contributed by atoms with Crippen molar-refractivity contribution in [3.63, 3.8) is 0 Å². The van der Waals surface area contributed by atoms with E-state index in [0.29, 0.717) is 18.9 Å². The molecule has 1 amide bonds. The van der Waals surface area contributed by atoms with Gasteiger partial charge in [0.05, 0.1) is 6.42 Å². The second-order valence-electron chi connectivity index (χ2n) is 6.31. The van der Waals surface area contributed by atoms with Gasteiger partial charge in [0.1, 0.15) is 5.82 Å². The van der Waals surface area contributed by atoms with Gasteiger partial charge >= 0.3 is 0 Å². The number of hydrogen-bond donors (Lipinski definition) is 1. The van der Waals surface area contributed by atoms with Gasteiger partial charge in [0.15, 0.2) is 0 Å². The minimum Gasteiger partial charge on any atom is -0.381 e. The molecule has 1 saturated heterocycles. The van der Waals surface area contributed by atoms with Crippen molar-refractivity contribution in [3.05, 3.63) is 53.6 Å². The number of rotatable bonds is 6. The largest absolute Gasteiger partial charge is 0.381 e. The molecule has 2 aromatic rings. The third kappa shape index (κ3) is 4.23. The quantitative estimate of drug-likeness (QED) is 0.886. The molecule has 5 nitrogen and oxygen atoms in total. The third-order valence-electron chi connectivity index (χ3n) is 4.54. The van der Waals surface area contributed by atoms with Crippen LogP contribution >= 0.6 is 0 Å². The normalized spacial score (nSPS) is 15.4. The van der Waals surface area contributed by atoms with Crippen LogP contribution in [0.5, 0.6) is 0 Å². The molecule has 128 valence electrons. The van der Waals surface area contributed by atoms with Crippen molar-refractivity contribution in [1.29, 1.82) is 0 Å². The summed E-state index contributed by atoms with van der Waals surface area (Å²) in [6.07, 6.45) is 4.40. The lowest BCUT2D eigenvalue weighted by atomic mass is 9.99. The Balaban J connectivity index is 1.53. The third-order valence-corrected chi connectivity index (χ3v) is 4.54. The molecule has 1 aromatic heterocycles. The topological polar surface area (TPSA) is 56.1 Å². The van der Waals surface area contributed by atoms with Gasteiger partial charge in [-0.2, -0.15) is 0 Å². The van der Waals surface area contributed by atoms with Crippen molar-refractivity contribution >= 4 is 5.91 Å². The van der Waals surface area contributed by atoms with Crippen molar-refractivity contribution < 1.29 is 9.53 Å². The van der Waals surface area contributed by atoms with E-state index < -0.39 is 0 Å². The van der Waals surface area contributed by atoms with E-state index in [9.17, 15) is 4.79 Å². The lowest BCUT2D eigenvalue weighted by Gasteiger charge is -2.23. The molecule has 1 fully saturated rings. The van der Waals surface area contributed by atoms with Crippen molar-refractivity contribution in [3.8, 4) is 0 Å². The monoisotopic (exact) mass is 327 g/mol. The fourth-order valence-corrected chi connectivity index (χ4v) is 3.20. The molecule has 2 heterocycles. The van der Waals surface area contributed by atoms with Gasteiger partial charge in [-0.25, -0.2) is 4.98 Å². The van der Waals surface area contributed by atoms with Gasteiger partial charge in [0.25, 0.3) is 0 Å². The van der Waals surface area contributed by atoms with Crippen molar-refractivity contribution in [2.45, 2.75) is 38.6 Å². The molecule has 0 atom stereocenters. The van der Waals surface area contributed by atoms with E-state index in [0.717, 1.165) is 49.7 Å². The number of benzene rings is 1. The summed E-state index contributed by atoms with van der Waals surface area (Å²) >= 11 is 0. The number of imidazole rings is 1. The van der Waals surface area contributed by atoms with E-state index >= 15 is 0 Å². The first-order chi connectivity index (χ1) is 11.7. The van der Waals surface area contributed by atoms with Crippen LogP contribution in [0.25, 0.3) is 0 Å². The zero-order valence-electron chi connectivity index (χ0n) is 14.2. The lowest BCUT2D eigenvalue weighted by Crippen LogP contribution is -2.29. The highest BCUT2D eigenvalue weighted by Crippen LogP contribution is 2.26. The molecule has 1 aliphatic rings. The highest BCUT2D eigenvalue weighted by molar-refractivity contribution is 5.78. The Labute approximate surface area is 143 Å². The van der Waals surface area contributed by atoms with Crippen molar-refractivity contribution in [2.75, 3.05) is 19.8 Å². The molecule has 3 rings (SSSR count). The summed E-state index contributed by atoms with van der Waals surface area (Å²) < 4.78 is 7.68. The van der Waals surface area contributed by atoms with E-state index in [1.807, 2.05) is 36.5 Å². The first-order valence-corrected chi connectivity index (χ1v) is 8.64. The standard InChI is InChI=1S/C19H25N3O2/c1-15-14-21-19(17-7-11-24-12-8-17)22(15)10-9-20-18(23)13-16-5-3-2-4-6-16/h2-6,14,17H,7-13H2,1H3,(H,20,23). The molecule has 1 aliphatic heterocycles. The molecule has 0 radical (unpaired) electrons. The van der Waals surface area contributed by atoms with Crippen LogP contribution in [0.15, 0.2) is 36.5 Å². The molecule has 0 spiro atoms. The summed E-state index contributed by atoms with van der Waals surface area (Å²) in [6, 6.07) is 9.82. The van der Waals surface area contributed by atoms with Crippen LogP contribution in [0.1, 0.15) is 35.8 Å². The first kappa shape index (κ1) is 16.7. The summed E-state index contributed by atoms with van der Waals surface area (Å²) in [6.45, 7) is 5.08. The number of nitrogens with zero attached hydrogens (tertiary/aromatic N) is 2. The number of carbonyl (C=O) groups excluding carboxylic acids is 1. The Morgan fingerprint density at radius 2 is 2.04 bits per heavy atom. The Bertz CT molecular complexity index is 661. The molecular weight excluding hydrogens is 302 g/mol. The second kappa shape index (κ2) is 8.11. The van der Waals surface area contributed by atoms with Crippen LogP contribution in [-0.4, -0.2) is 35.2 Å². The maximum absolute atomic E-state index is 12.1. The predicted octanol–water partition coefficient (Wildman–Crippen LogP) is 2.44. The summed E-state index contributed by atoms with van der Waals surface area (Å²) in [5.41, 5.74) is 2.19. The van der Waals surface area contributed by atoms with E-state index in [1.165, 1.54) is 0 Å². The molecule has 0 aliphatic carbocycles. The molecule has 1 N–H and O–H groups in total. The molecule has 24 heavy (non-hydrogen) atoms. The number of ether oxygens (including phenoxy) is 1. The zero-order chi connectivity index (χ0) is 16.8. The number of carbonyl (C=O) groups is 1. The Kier molecular flexibility index (Phi) is 5.64. The molecule has 5 heteroatoms. The summed E-state index contributed by atoms with van der Waals surface area (Å²) in [5, 5.41) is 3.01. The summed E-state index contributed by atoms with van der Waals surface area (Å²) in [4.78, 5) is 16.7. The van der Waals surface area contributed by atoms with E-state index in [4.69, 9.17) is 4.74 Å². The van der Waals surface area contributed by atoms with Crippen LogP contribution in [0.4, 0.5) is 0 Å². The number of aryl methyl sites for hydroxylation is 1. The van der Waals surface area contributed by atoms with Crippen LogP contribution in [-0.2, 0) is 22.5 Å². The van der Waals surface area contributed by atoms with Crippen LogP contribution in [0.2, 0.25) is 0 Å². The molecule has 0 bridgehead atoms.